The Kier molecular flexibility index (Phi) is 3.23. The number of nitrogens with one attached hydrogen (secondary N) is 1. The standard InChI is InChI=1S/C16H17N5O/c1-11-18-19-15-8-7-14(20-21(11)15)17-13-9-10-22-16(13)12-5-3-2-4-6-12/h2-8,13,16H,9-10H2,1H3,(H,17,20). The lowest BCUT2D eigenvalue weighted by molar-refractivity contribution is 0.107. The van der Waals surface area contributed by atoms with Crippen molar-refractivity contribution in [3.05, 3.63) is 53.9 Å². The van der Waals surface area contributed by atoms with Gasteiger partial charge in [-0.3, -0.25) is 0 Å². The van der Waals surface area contributed by atoms with Gasteiger partial charge in [-0.2, -0.15) is 4.52 Å². The van der Waals surface area contributed by atoms with Crippen LogP contribution in [-0.2, 0) is 4.74 Å². The number of anilines is 1. The van der Waals surface area contributed by atoms with Gasteiger partial charge in [0.25, 0.3) is 0 Å². The van der Waals surface area contributed by atoms with Crippen LogP contribution in [0.5, 0.6) is 0 Å². The first kappa shape index (κ1) is 13.2. The zero-order valence-corrected chi connectivity index (χ0v) is 12.3. The van der Waals surface area contributed by atoms with Gasteiger partial charge in [-0.15, -0.1) is 15.3 Å². The van der Waals surface area contributed by atoms with Crippen molar-refractivity contribution in [2.45, 2.75) is 25.5 Å². The van der Waals surface area contributed by atoms with Crippen LogP contribution in [-0.4, -0.2) is 32.5 Å². The zero-order valence-electron chi connectivity index (χ0n) is 12.3. The number of rotatable bonds is 3. The Hall–Kier alpha value is -2.47. The molecule has 0 radical (unpaired) electrons. The minimum atomic E-state index is 0.0562. The van der Waals surface area contributed by atoms with Gasteiger partial charge in [0, 0.05) is 6.61 Å². The van der Waals surface area contributed by atoms with E-state index in [1.807, 2.05) is 37.3 Å². The molecule has 6 nitrogen and oxygen atoms in total. The van der Waals surface area contributed by atoms with Crippen molar-refractivity contribution in [2.75, 3.05) is 11.9 Å². The highest BCUT2D eigenvalue weighted by molar-refractivity contribution is 5.45. The van der Waals surface area contributed by atoms with E-state index in [1.165, 1.54) is 5.56 Å². The van der Waals surface area contributed by atoms with Gasteiger partial charge in [-0.05, 0) is 31.0 Å². The van der Waals surface area contributed by atoms with Gasteiger partial charge in [0.2, 0.25) is 0 Å². The molecule has 2 aromatic heterocycles. The second-order valence-corrected chi connectivity index (χ2v) is 5.48. The van der Waals surface area contributed by atoms with Crippen LogP contribution in [0, 0.1) is 6.92 Å². The molecule has 6 heteroatoms. The summed E-state index contributed by atoms with van der Waals surface area (Å²) in [5, 5.41) is 16.1. The maximum Gasteiger partial charge on any atom is 0.178 e. The van der Waals surface area contributed by atoms with E-state index in [9.17, 15) is 0 Å². The van der Waals surface area contributed by atoms with E-state index in [4.69, 9.17) is 4.74 Å². The average molecular weight is 295 g/mol. The van der Waals surface area contributed by atoms with Gasteiger partial charge in [-0.1, -0.05) is 30.3 Å². The first-order valence-corrected chi connectivity index (χ1v) is 7.43. The van der Waals surface area contributed by atoms with Crippen LogP contribution in [0.2, 0.25) is 0 Å². The summed E-state index contributed by atoms with van der Waals surface area (Å²) in [6.45, 7) is 2.65. The van der Waals surface area contributed by atoms with Crippen LogP contribution >= 0.6 is 0 Å². The third-order valence-corrected chi connectivity index (χ3v) is 3.97. The van der Waals surface area contributed by atoms with E-state index in [2.05, 4.69) is 32.7 Å². The first-order chi connectivity index (χ1) is 10.8. The predicted octanol–water partition coefficient (Wildman–Crippen LogP) is 2.37. The Bertz CT molecular complexity index is 786. The second-order valence-electron chi connectivity index (χ2n) is 5.48. The van der Waals surface area contributed by atoms with E-state index in [0.29, 0.717) is 0 Å². The molecule has 1 aliphatic heterocycles. The molecule has 3 aromatic rings. The molecule has 22 heavy (non-hydrogen) atoms. The number of aromatic nitrogens is 4. The quantitative estimate of drug-likeness (QED) is 0.803. The van der Waals surface area contributed by atoms with Crippen LogP contribution < -0.4 is 5.32 Å². The second kappa shape index (κ2) is 5.38. The summed E-state index contributed by atoms with van der Waals surface area (Å²) in [5.41, 5.74) is 1.95. The lowest BCUT2D eigenvalue weighted by atomic mass is 10.0. The normalized spacial score (nSPS) is 21.3. The monoisotopic (exact) mass is 295 g/mol. The highest BCUT2D eigenvalue weighted by atomic mass is 16.5. The number of ether oxygens (including phenoxy) is 1. The van der Waals surface area contributed by atoms with Crippen molar-refractivity contribution in [1.29, 1.82) is 0 Å². The molecular formula is C16H17N5O. The zero-order chi connectivity index (χ0) is 14.9. The van der Waals surface area contributed by atoms with Crippen LogP contribution in [0.3, 0.4) is 0 Å². The third kappa shape index (κ3) is 2.31. The summed E-state index contributed by atoms with van der Waals surface area (Å²) in [6, 6.07) is 14.4. The summed E-state index contributed by atoms with van der Waals surface area (Å²) in [5.74, 6) is 1.59. The molecule has 112 valence electrons. The highest BCUT2D eigenvalue weighted by Gasteiger charge is 2.29. The van der Waals surface area contributed by atoms with Crippen LogP contribution in [0.4, 0.5) is 5.82 Å². The molecule has 1 fully saturated rings. The van der Waals surface area contributed by atoms with Gasteiger partial charge in [0.05, 0.1) is 6.04 Å². The minimum absolute atomic E-state index is 0.0562. The molecule has 4 rings (SSSR count). The Labute approximate surface area is 128 Å². The molecule has 1 aliphatic rings. The summed E-state index contributed by atoms with van der Waals surface area (Å²) < 4.78 is 7.64. The van der Waals surface area contributed by atoms with Crippen LogP contribution in [0.15, 0.2) is 42.5 Å². The van der Waals surface area contributed by atoms with E-state index in [-0.39, 0.29) is 12.1 Å². The lowest BCUT2D eigenvalue weighted by Gasteiger charge is -2.20. The number of benzene rings is 1. The molecule has 3 heterocycles. The molecular weight excluding hydrogens is 278 g/mol. The number of nitrogens with zero attached hydrogens (tertiary/aromatic N) is 4. The summed E-state index contributed by atoms with van der Waals surface area (Å²) in [6.07, 6.45) is 1.01. The number of hydrogen-bond acceptors (Lipinski definition) is 5. The molecule has 1 saturated heterocycles. The first-order valence-electron chi connectivity index (χ1n) is 7.43. The Balaban J connectivity index is 1.59. The van der Waals surface area contributed by atoms with Crippen molar-refractivity contribution < 1.29 is 4.74 Å². The summed E-state index contributed by atoms with van der Waals surface area (Å²) >= 11 is 0. The van der Waals surface area contributed by atoms with Gasteiger partial charge >= 0.3 is 0 Å². The largest absolute Gasteiger partial charge is 0.371 e. The molecule has 0 aliphatic carbocycles. The Morgan fingerprint density at radius 1 is 1.14 bits per heavy atom. The maximum atomic E-state index is 5.90. The van der Waals surface area contributed by atoms with Crippen molar-refractivity contribution in [1.82, 2.24) is 19.8 Å². The Morgan fingerprint density at radius 3 is 2.86 bits per heavy atom. The SMILES string of the molecule is Cc1nnc2ccc(NC3CCOC3c3ccccc3)nn12. The molecule has 0 saturated carbocycles. The fraction of sp³-hybridized carbons (Fsp3) is 0.312. The fourth-order valence-electron chi connectivity index (χ4n) is 2.87. The molecule has 1 N–H and O–H groups in total. The molecule has 0 amide bonds. The predicted molar refractivity (Wildman–Crippen MR) is 82.7 cm³/mol. The van der Waals surface area contributed by atoms with Crippen molar-refractivity contribution in [3.63, 3.8) is 0 Å². The van der Waals surface area contributed by atoms with Crippen molar-refractivity contribution >= 4 is 11.5 Å². The topological polar surface area (TPSA) is 64.3 Å². The van der Waals surface area contributed by atoms with Crippen molar-refractivity contribution in [2.24, 2.45) is 0 Å². The molecule has 2 unspecified atom stereocenters. The molecule has 0 spiro atoms. The minimum Gasteiger partial charge on any atom is -0.371 e. The molecule has 2 atom stereocenters. The average Bonchev–Trinajstić information content (AvgIpc) is 3.16. The molecule has 0 bridgehead atoms. The fourth-order valence-corrected chi connectivity index (χ4v) is 2.87. The van der Waals surface area contributed by atoms with Gasteiger partial charge in [0.15, 0.2) is 11.5 Å². The maximum absolute atomic E-state index is 5.90. The summed E-state index contributed by atoms with van der Waals surface area (Å²) in [4.78, 5) is 0. The Morgan fingerprint density at radius 2 is 2.00 bits per heavy atom. The number of aryl methyl sites for hydroxylation is 1. The highest BCUT2D eigenvalue weighted by Crippen LogP contribution is 2.30. The van der Waals surface area contributed by atoms with E-state index in [1.54, 1.807) is 4.52 Å². The van der Waals surface area contributed by atoms with Crippen molar-refractivity contribution in [3.8, 4) is 0 Å². The molecule has 1 aromatic carbocycles. The lowest BCUT2D eigenvalue weighted by Crippen LogP contribution is -2.24. The van der Waals surface area contributed by atoms with Gasteiger partial charge < -0.3 is 10.1 Å². The summed E-state index contributed by atoms with van der Waals surface area (Å²) in [7, 11) is 0. The number of hydrogen-bond donors (Lipinski definition) is 1. The van der Waals surface area contributed by atoms with E-state index in [0.717, 1.165) is 30.3 Å². The van der Waals surface area contributed by atoms with Crippen LogP contribution in [0.25, 0.3) is 5.65 Å². The van der Waals surface area contributed by atoms with E-state index < -0.39 is 0 Å². The number of fused-ring (bicyclic) bond motifs is 1. The van der Waals surface area contributed by atoms with E-state index >= 15 is 0 Å². The smallest absolute Gasteiger partial charge is 0.178 e. The van der Waals surface area contributed by atoms with Gasteiger partial charge in [-0.25, -0.2) is 0 Å². The van der Waals surface area contributed by atoms with Crippen LogP contribution in [0.1, 0.15) is 23.9 Å². The van der Waals surface area contributed by atoms with Gasteiger partial charge in [0.1, 0.15) is 11.9 Å². The third-order valence-electron chi connectivity index (χ3n) is 3.97.